The number of ether oxygens (including phenoxy) is 1. The summed E-state index contributed by atoms with van der Waals surface area (Å²) in [6, 6.07) is 9.35. The fraction of sp³-hybridized carbons (Fsp3) is 0.0714. The summed E-state index contributed by atoms with van der Waals surface area (Å²) in [5.74, 6) is 0.366. The Labute approximate surface area is 131 Å². The summed E-state index contributed by atoms with van der Waals surface area (Å²) in [5.41, 5.74) is 1.91. The first-order chi connectivity index (χ1) is 9.61. The van der Waals surface area contributed by atoms with Crippen molar-refractivity contribution in [3.63, 3.8) is 0 Å². The summed E-state index contributed by atoms with van der Waals surface area (Å²) in [4.78, 5) is 0. The van der Waals surface area contributed by atoms with Gasteiger partial charge in [0.25, 0.3) is 0 Å². The molecule has 1 aromatic heterocycles. The molecule has 0 bridgehead atoms. The van der Waals surface area contributed by atoms with Crippen LogP contribution in [0.5, 0.6) is 11.5 Å². The minimum atomic E-state index is 0.00750. The number of aromatic nitrogens is 1. The van der Waals surface area contributed by atoms with Gasteiger partial charge in [0, 0.05) is 16.1 Å². The second-order valence-corrected chi connectivity index (χ2v) is 5.92. The Morgan fingerprint density at radius 1 is 1.25 bits per heavy atom. The summed E-state index contributed by atoms with van der Waals surface area (Å²) < 4.78 is 12.0. The molecule has 0 unspecified atom stereocenters. The second kappa shape index (κ2) is 5.10. The van der Waals surface area contributed by atoms with Crippen LogP contribution in [0.1, 0.15) is 0 Å². The molecule has 0 aliphatic carbocycles. The third-order valence-electron chi connectivity index (χ3n) is 2.95. The van der Waals surface area contributed by atoms with Gasteiger partial charge in [-0.25, -0.2) is 0 Å². The normalized spacial score (nSPS) is 10.9. The van der Waals surface area contributed by atoms with E-state index >= 15 is 0 Å². The molecule has 0 spiro atoms. The highest BCUT2D eigenvalue weighted by Crippen LogP contribution is 2.44. The van der Waals surface area contributed by atoms with E-state index in [4.69, 9.17) is 9.26 Å². The van der Waals surface area contributed by atoms with Crippen molar-refractivity contribution in [3.8, 4) is 22.8 Å². The predicted octanol–water partition coefficient (Wildman–Crippen LogP) is 4.73. The van der Waals surface area contributed by atoms with Crippen molar-refractivity contribution < 1.29 is 14.4 Å². The van der Waals surface area contributed by atoms with Crippen LogP contribution < -0.4 is 4.74 Å². The van der Waals surface area contributed by atoms with Crippen LogP contribution in [0.2, 0.25) is 0 Å². The maximum absolute atomic E-state index is 10.4. The maximum atomic E-state index is 10.4. The number of phenolic OH excluding ortho intramolecular Hbond substituents is 1. The molecule has 0 saturated heterocycles. The molecule has 4 nitrogen and oxygen atoms in total. The summed E-state index contributed by atoms with van der Waals surface area (Å²) in [6.07, 6.45) is 0. The van der Waals surface area contributed by atoms with Crippen molar-refractivity contribution in [1.82, 2.24) is 5.16 Å². The Balaban J connectivity index is 2.33. The topological polar surface area (TPSA) is 55.5 Å². The first-order valence-corrected chi connectivity index (χ1v) is 7.31. The maximum Gasteiger partial charge on any atom is 0.175 e. The highest BCUT2D eigenvalue weighted by atomic mass is 79.9. The van der Waals surface area contributed by atoms with Gasteiger partial charge in [-0.15, -0.1) is 0 Å². The lowest BCUT2D eigenvalue weighted by Gasteiger charge is -2.06. The zero-order valence-corrected chi connectivity index (χ0v) is 13.5. The number of rotatable bonds is 2. The van der Waals surface area contributed by atoms with Crippen LogP contribution in [-0.4, -0.2) is 17.4 Å². The predicted molar refractivity (Wildman–Crippen MR) is 83.1 cm³/mol. The van der Waals surface area contributed by atoms with Crippen molar-refractivity contribution in [3.05, 3.63) is 39.3 Å². The van der Waals surface area contributed by atoms with E-state index in [1.807, 2.05) is 24.3 Å². The Hall–Kier alpha value is -1.53. The second-order valence-electron chi connectivity index (χ2n) is 4.15. The highest BCUT2D eigenvalue weighted by molar-refractivity contribution is 9.10. The van der Waals surface area contributed by atoms with Crippen molar-refractivity contribution >= 4 is 42.8 Å². The molecular weight excluding hydrogens is 390 g/mol. The quantitative estimate of drug-likeness (QED) is 0.677. The van der Waals surface area contributed by atoms with Gasteiger partial charge >= 0.3 is 0 Å². The SMILES string of the molecule is COc1c(Br)cc2onc(-c3cccc(Br)c3)c2c1O. The molecule has 0 aliphatic rings. The van der Waals surface area contributed by atoms with E-state index in [0.717, 1.165) is 10.0 Å². The van der Waals surface area contributed by atoms with E-state index in [9.17, 15) is 5.11 Å². The third-order valence-corrected chi connectivity index (χ3v) is 4.03. The number of methoxy groups -OCH3 is 1. The Kier molecular flexibility index (Phi) is 3.43. The van der Waals surface area contributed by atoms with Crippen molar-refractivity contribution in [2.45, 2.75) is 0 Å². The van der Waals surface area contributed by atoms with Gasteiger partial charge < -0.3 is 14.4 Å². The van der Waals surface area contributed by atoms with E-state index in [0.29, 0.717) is 26.9 Å². The number of fused-ring (bicyclic) bond motifs is 1. The van der Waals surface area contributed by atoms with Crippen LogP contribution in [0, 0.1) is 0 Å². The zero-order chi connectivity index (χ0) is 14.3. The summed E-state index contributed by atoms with van der Waals surface area (Å²) >= 11 is 6.74. The first-order valence-electron chi connectivity index (χ1n) is 5.72. The number of benzene rings is 2. The number of aromatic hydroxyl groups is 1. The lowest BCUT2D eigenvalue weighted by Crippen LogP contribution is -1.86. The Morgan fingerprint density at radius 2 is 2.05 bits per heavy atom. The van der Waals surface area contributed by atoms with Gasteiger partial charge in [-0.1, -0.05) is 33.2 Å². The van der Waals surface area contributed by atoms with Gasteiger partial charge in [-0.2, -0.15) is 0 Å². The molecule has 0 amide bonds. The van der Waals surface area contributed by atoms with Gasteiger partial charge in [0.05, 0.1) is 17.0 Å². The molecule has 3 aromatic rings. The molecule has 102 valence electrons. The van der Waals surface area contributed by atoms with Gasteiger partial charge in [0.1, 0.15) is 5.69 Å². The molecule has 1 N–H and O–H groups in total. The van der Waals surface area contributed by atoms with Gasteiger partial charge in [0.2, 0.25) is 0 Å². The average Bonchev–Trinajstić information content (AvgIpc) is 2.83. The largest absolute Gasteiger partial charge is 0.504 e. The Morgan fingerprint density at radius 3 is 2.75 bits per heavy atom. The number of hydrogen-bond acceptors (Lipinski definition) is 4. The third kappa shape index (κ3) is 2.09. The van der Waals surface area contributed by atoms with Gasteiger partial charge in [-0.05, 0) is 28.1 Å². The van der Waals surface area contributed by atoms with Crippen LogP contribution in [0.3, 0.4) is 0 Å². The fourth-order valence-corrected chi connectivity index (χ4v) is 3.02. The lowest BCUT2D eigenvalue weighted by molar-refractivity contribution is 0.374. The van der Waals surface area contributed by atoms with Crippen molar-refractivity contribution in [1.29, 1.82) is 0 Å². The molecule has 20 heavy (non-hydrogen) atoms. The number of nitrogens with zero attached hydrogens (tertiary/aromatic N) is 1. The van der Waals surface area contributed by atoms with Crippen LogP contribution in [-0.2, 0) is 0 Å². The summed E-state index contributed by atoms with van der Waals surface area (Å²) in [6.45, 7) is 0. The lowest BCUT2D eigenvalue weighted by atomic mass is 10.1. The zero-order valence-electron chi connectivity index (χ0n) is 10.4. The molecule has 6 heteroatoms. The molecule has 1 heterocycles. The summed E-state index contributed by atoms with van der Waals surface area (Å²) in [5, 5.41) is 14.9. The molecule has 2 aromatic carbocycles. The summed E-state index contributed by atoms with van der Waals surface area (Å²) in [7, 11) is 1.50. The molecule has 0 saturated carbocycles. The standard InChI is InChI=1S/C14H9Br2NO3/c1-19-14-9(16)6-10-11(13(14)18)12(17-20-10)7-3-2-4-8(15)5-7/h2-6,18H,1H3. The minimum Gasteiger partial charge on any atom is -0.504 e. The smallest absolute Gasteiger partial charge is 0.175 e. The van der Waals surface area contributed by atoms with Crippen molar-refractivity contribution in [2.24, 2.45) is 0 Å². The number of phenols is 1. The van der Waals surface area contributed by atoms with E-state index in [1.165, 1.54) is 7.11 Å². The molecule has 0 aliphatic heterocycles. The van der Waals surface area contributed by atoms with Crippen LogP contribution >= 0.6 is 31.9 Å². The molecule has 0 atom stereocenters. The first kappa shape index (κ1) is 13.5. The van der Waals surface area contributed by atoms with Crippen LogP contribution in [0.25, 0.3) is 22.2 Å². The highest BCUT2D eigenvalue weighted by Gasteiger charge is 2.20. The van der Waals surface area contributed by atoms with E-state index in [-0.39, 0.29) is 5.75 Å². The molecule has 3 rings (SSSR count). The van der Waals surface area contributed by atoms with E-state index in [2.05, 4.69) is 37.0 Å². The van der Waals surface area contributed by atoms with E-state index in [1.54, 1.807) is 6.07 Å². The molecule has 0 radical (unpaired) electrons. The van der Waals surface area contributed by atoms with E-state index < -0.39 is 0 Å². The van der Waals surface area contributed by atoms with Crippen LogP contribution in [0.15, 0.2) is 43.8 Å². The average molecular weight is 399 g/mol. The monoisotopic (exact) mass is 397 g/mol. The fourth-order valence-electron chi connectivity index (χ4n) is 2.06. The van der Waals surface area contributed by atoms with Gasteiger partial charge in [0.15, 0.2) is 17.1 Å². The number of halogens is 2. The van der Waals surface area contributed by atoms with Gasteiger partial charge in [-0.3, -0.25) is 0 Å². The van der Waals surface area contributed by atoms with Crippen LogP contribution in [0.4, 0.5) is 0 Å². The molecule has 0 fully saturated rings. The molecular formula is C14H9Br2NO3. The Bertz CT molecular complexity index is 798. The number of hydrogen-bond donors (Lipinski definition) is 1. The minimum absolute atomic E-state index is 0.00750. The van der Waals surface area contributed by atoms with Crippen molar-refractivity contribution in [2.75, 3.05) is 7.11 Å².